The van der Waals surface area contributed by atoms with E-state index in [2.05, 4.69) is 10.1 Å². The number of benzene rings is 2. The quantitative estimate of drug-likeness (QED) is 0.657. The van der Waals surface area contributed by atoms with Gasteiger partial charge in [0.25, 0.3) is 0 Å². The maximum Gasteiger partial charge on any atom is 0.387 e. The van der Waals surface area contributed by atoms with Gasteiger partial charge >= 0.3 is 6.61 Å². The molecule has 2 rings (SSSR count). The van der Waals surface area contributed by atoms with Crippen LogP contribution in [0.2, 0.25) is 0 Å². The first-order valence-corrected chi connectivity index (χ1v) is 5.94. The van der Waals surface area contributed by atoms with Crippen molar-refractivity contribution in [3.63, 3.8) is 0 Å². The number of anilines is 3. The van der Waals surface area contributed by atoms with Crippen molar-refractivity contribution in [3.05, 3.63) is 47.5 Å². The minimum Gasteiger partial charge on any atom is -0.432 e. The van der Waals surface area contributed by atoms with E-state index in [1.54, 1.807) is 6.07 Å². The van der Waals surface area contributed by atoms with Crippen LogP contribution in [0.3, 0.4) is 0 Å². The van der Waals surface area contributed by atoms with Crippen LogP contribution in [0.15, 0.2) is 30.3 Å². The van der Waals surface area contributed by atoms with Gasteiger partial charge in [-0.25, -0.2) is 8.78 Å². The number of ether oxygens (including phenoxy) is 1. The molecule has 0 atom stereocenters. The fraction of sp³-hybridized carbons (Fsp3) is 0.143. The number of nitrogen functional groups attached to an aromatic ring is 1. The highest BCUT2D eigenvalue weighted by Crippen LogP contribution is 2.32. The van der Waals surface area contributed by atoms with E-state index < -0.39 is 24.0 Å². The molecule has 0 radical (unpaired) electrons. The molecule has 112 valence electrons. The fourth-order valence-corrected chi connectivity index (χ4v) is 1.75. The second-order valence-corrected chi connectivity index (χ2v) is 4.29. The highest BCUT2D eigenvalue weighted by atomic mass is 19.3. The highest BCUT2D eigenvalue weighted by Gasteiger charge is 2.14. The minimum atomic E-state index is -3.16. The standard InChI is InChI=1S/C14H12F4N2O/c1-7-8(15)3-2-4-11(7)20-12-6-13(21-14(17)18)9(16)5-10(12)19/h2-6,14,20H,19H2,1H3. The van der Waals surface area contributed by atoms with Crippen molar-refractivity contribution < 1.29 is 22.3 Å². The molecular weight excluding hydrogens is 288 g/mol. The molecule has 21 heavy (non-hydrogen) atoms. The van der Waals surface area contributed by atoms with E-state index >= 15 is 0 Å². The Bertz CT molecular complexity index is 662. The van der Waals surface area contributed by atoms with E-state index in [0.29, 0.717) is 11.3 Å². The summed E-state index contributed by atoms with van der Waals surface area (Å²) in [4.78, 5) is 0. The van der Waals surface area contributed by atoms with Crippen molar-refractivity contribution in [3.8, 4) is 5.75 Å². The van der Waals surface area contributed by atoms with Gasteiger partial charge in [0.1, 0.15) is 5.82 Å². The zero-order valence-corrected chi connectivity index (χ0v) is 11.0. The van der Waals surface area contributed by atoms with Gasteiger partial charge in [0.05, 0.1) is 11.4 Å². The molecule has 3 nitrogen and oxygen atoms in total. The minimum absolute atomic E-state index is 0.0159. The Balaban J connectivity index is 2.37. The largest absolute Gasteiger partial charge is 0.432 e. The first-order chi connectivity index (χ1) is 9.88. The summed E-state index contributed by atoms with van der Waals surface area (Å²) in [5.41, 5.74) is 6.44. The highest BCUT2D eigenvalue weighted by molar-refractivity contribution is 5.75. The smallest absolute Gasteiger partial charge is 0.387 e. The Morgan fingerprint density at radius 3 is 2.48 bits per heavy atom. The second-order valence-electron chi connectivity index (χ2n) is 4.29. The summed E-state index contributed by atoms with van der Waals surface area (Å²) in [5.74, 6) is -2.09. The van der Waals surface area contributed by atoms with Crippen LogP contribution in [0.5, 0.6) is 5.75 Å². The summed E-state index contributed by atoms with van der Waals surface area (Å²) in [6, 6.07) is 6.19. The number of hydrogen-bond donors (Lipinski definition) is 2. The summed E-state index contributed by atoms with van der Waals surface area (Å²) < 4.78 is 55.3. The molecule has 0 bridgehead atoms. The van der Waals surface area contributed by atoms with Gasteiger partial charge in [-0.2, -0.15) is 8.78 Å². The molecule has 0 aliphatic carbocycles. The third kappa shape index (κ3) is 3.36. The molecule has 3 N–H and O–H groups in total. The van der Waals surface area contributed by atoms with Gasteiger partial charge in [-0.05, 0) is 19.1 Å². The van der Waals surface area contributed by atoms with Crippen molar-refractivity contribution >= 4 is 17.1 Å². The van der Waals surface area contributed by atoms with E-state index in [0.717, 1.165) is 12.1 Å². The molecule has 0 heterocycles. The molecule has 2 aromatic rings. The molecule has 0 spiro atoms. The van der Waals surface area contributed by atoms with E-state index in [1.165, 1.54) is 19.1 Å². The molecule has 0 fully saturated rings. The van der Waals surface area contributed by atoms with E-state index in [1.807, 2.05) is 0 Å². The number of halogens is 4. The van der Waals surface area contributed by atoms with Gasteiger partial charge in [0, 0.05) is 23.4 Å². The molecule has 0 aliphatic rings. The van der Waals surface area contributed by atoms with Crippen molar-refractivity contribution in [2.45, 2.75) is 13.5 Å². The van der Waals surface area contributed by atoms with Gasteiger partial charge in [0.2, 0.25) is 0 Å². The Kier molecular flexibility index (Phi) is 4.21. The van der Waals surface area contributed by atoms with Crippen molar-refractivity contribution in [2.24, 2.45) is 0 Å². The number of hydrogen-bond acceptors (Lipinski definition) is 3. The van der Waals surface area contributed by atoms with Crippen molar-refractivity contribution in [1.29, 1.82) is 0 Å². The number of alkyl halides is 2. The SMILES string of the molecule is Cc1c(F)cccc1Nc1cc(OC(F)F)c(F)cc1N. The van der Waals surface area contributed by atoms with Gasteiger partial charge in [-0.15, -0.1) is 0 Å². The van der Waals surface area contributed by atoms with Gasteiger partial charge < -0.3 is 15.8 Å². The normalized spacial score (nSPS) is 10.8. The summed E-state index contributed by atoms with van der Waals surface area (Å²) in [5, 5.41) is 2.77. The molecule has 0 saturated heterocycles. The zero-order chi connectivity index (χ0) is 15.6. The Morgan fingerprint density at radius 2 is 1.81 bits per heavy atom. The molecule has 0 unspecified atom stereocenters. The average Bonchev–Trinajstić information content (AvgIpc) is 2.40. The topological polar surface area (TPSA) is 47.3 Å². The van der Waals surface area contributed by atoms with Crippen LogP contribution in [0, 0.1) is 18.6 Å². The third-order valence-corrected chi connectivity index (χ3v) is 2.86. The van der Waals surface area contributed by atoms with E-state index in [4.69, 9.17) is 5.73 Å². The Labute approximate surface area is 118 Å². The lowest BCUT2D eigenvalue weighted by molar-refractivity contribution is -0.0521. The predicted octanol–water partition coefficient (Wildman–Crippen LogP) is 4.20. The van der Waals surface area contributed by atoms with Crippen LogP contribution in [0.4, 0.5) is 34.6 Å². The summed E-state index contributed by atoms with van der Waals surface area (Å²) in [7, 11) is 0. The fourth-order valence-electron chi connectivity index (χ4n) is 1.75. The summed E-state index contributed by atoms with van der Waals surface area (Å²) in [6.07, 6.45) is 0. The van der Waals surface area contributed by atoms with E-state index in [9.17, 15) is 17.6 Å². The molecule has 2 aromatic carbocycles. The molecule has 0 aliphatic heterocycles. The van der Waals surface area contributed by atoms with Crippen LogP contribution in [-0.2, 0) is 0 Å². The van der Waals surface area contributed by atoms with Gasteiger partial charge in [-0.1, -0.05) is 6.07 Å². The summed E-state index contributed by atoms with van der Waals surface area (Å²) >= 11 is 0. The summed E-state index contributed by atoms with van der Waals surface area (Å²) in [6.45, 7) is -1.62. The van der Waals surface area contributed by atoms with Crippen molar-refractivity contribution in [1.82, 2.24) is 0 Å². The van der Waals surface area contributed by atoms with Crippen LogP contribution < -0.4 is 15.8 Å². The zero-order valence-electron chi connectivity index (χ0n) is 11.0. The lowest BCUT2D eigenvalue weighted by Gasteiger charge is -2.14. The van der Waals surface area contributed by atoms with Crippen LogP contribution in [-0.4, -0.2) is 6.61 Å². The molecular formula is C14H12F4N2O. The maximum atomic E-state index is 13.4. The first-order valence-electron chi connectivity index (χ1n) is 5.94. The lowest BCUT2D eigenvalue weighted by atomic mass is 10.1. The lowest BCUT2D eigenvalue weighted by Crippen LogP contribution is -2.06. The van der Waals surface area contributed by atoms with Gasteiger partial charge in [-0.3, -0.25) is 0 Å². The maximum absolute atomic E-state index is 13.4. The second kappa shape index (κ2) is 5.90. The third-order valence-electron chi connectivity index (χ3n) is 2.86. The predicted molar refractivity (Wildman–Crippen MR) is 71.9 cm³/mol. The number of nitrogens with two attached hydrogens (primary N) is 1. The first kappa shape index (κ1) is 15.0. The van der Waals surface area contributed by atoms with Gasteiger partial charge in [0.15, 0.2) is 11.6 Å². The molecule has 0 aromatic heterocycles. The Morgan fingerprint density at radius 1 is 1.10 bits per heavy atom. The average molecular weight is 300 g/mol. The van der Waals surface area contributed by atoms with E-state index in [-0.39, 0.29) is 11.4 Å². The number of rotatable bonds is 4. The van der Waals surface area contributed by atoms with Crippen molar-refractivity contribution in [2.75, 3.05) is 11.1 Å². The van der Waals surface area contributed by atoms with Crippen LogP contribution in [0.25, 0.3) is 0 Å². The Hall–Kier alpha value is -2.44. The molecule has 7 heteroatoms. The number of nitrogens with one attached hydrogen (secondary N) is 1. The monoisotopic (exact) mass is 300 g/mol. The van der Waals surface area contributed by atoms with Crippen LogP contribution in [0.1, 0.15) is 5.56 Å². The van der Waals surface area contributed by atoms with Crippen LogP contribution >= 0.6 is 0 Å². The molecule has 0 saturated carbocycles. The molecule has 0 amide bonds.